The van der Waals surface area contributed by atoms with Crippen LogP contribution in [0.15, 0.2) is 6.20 Å². The minimum Gasteiger partial charge on any atom is -0.479 e. The first-order chi connectivity index (χ1) is 10.4. The summed E-state index contributed by atoms with van der Waals surface area (Å²) in [6, 6.07) is 0. The van der Waals surface area contributed by atoms with E-state index in [0.29, 0.717) is 17.6 Å². The largest absolute Gasteiger partial charge is 0.479 e. The van der Waals surface area contributed by atoms with Gasteiger partial charge in [-0.15, -0.1) is 0 Å². The average molecular weight is 304 g/mol. The van der Waals surface area contributed by atoms with Gasteiger partial charge in [0.05, 0.1) is 11.3 Å². The molecular formula is C15H16N2O5. The molecule has 116 valence electrons. The molecule has 1 N–H and O–H groups in total. The lowest BCUT2D eigenvalue weighted by Gasteiger charge is -2.08. The first-order valence-corrected chi connectivity index (χ1v) is 6.75. The van der Waals surface area contributed by atoms with Crippen LogP contribution in [0.4, 0.5) is 0 Å². The minimum atomic E-state index is -1.15. The standard InChI is InChI=1S/C15H16N2O5/c1-4-10-9(3)17-5-8(2)16-15(22-7-12(20)21)14(17)13(10)11(19)6-18/h5-6H,4,7H2,1-3H3,(H,20,21). The van der Waals surface area contributed by atoms with Crippen molar-refractivity contribution in [1.82, 2.24) is 9.38 Å². The highest BCUT2D eigenvalue weighted by Gasteiger charge is 2.24. The smallest absolute Gasteiger partial charge is 0.341 e. The molecule has 0 saturated carbocycles. The molecule has 2 aromatic rings. The van der Waals surface area contributed by atoms with Crippen LogP contribution in [-0.4, -0.2) is 39.1 Å². The Morgan fingerprint density at radius 1 is 1.41 bits per heavy atom. The van der Waals surface area contributed by atoms with Gasteiger partial charge in [0, 0.05) is 11.9 Å². The quantitative estimate of drug-likeness (QED) is 0.491. The Morgan fingerprint density at radius 3 is 2.64 bits per heavy atom. The number of aryl methyl sites for hydroxylation is 2. The fourth-order valence-electron chi connectivity index (χ4n) is 2.55. The molecule has 0 aliphatic heterocycles. The third-order valence-corrected chi connectivity index (χ3v) is 3.41. The predicted molar refractivity (Wildman–Crippen MR) is 77.6 cm³/mol. The number of aliphatic carboxylic acids is 1. The van der Waals surface area contributed by atoms with Crippen LogP contribution >= 0.6 is 0 Å². The fraction of sp³-hybridized carbons (Fsp3) is 0.333. The van der Waals surface area contributed by atoms with E-state index in [1.807, 2.05) is 13.8 Å². The number of nitrogens with zero attached hydrogens (tertiary/aromatic N) is 2. The van der Waals surface area contributed by atoms with Crippen LogP contribution in [0.1, 0.15) is 34.2 Å². The number of ketones is 1. The van der Waals surface area contributed by atoms with Crippen LogP contribution in [0.2, 0.25) is 0 Å². The van der Waals surface area contributed by atoms with E-state index in [4.69, 9.17) is 9.84 Å². The van der Waals surface area contributed by atoms with Gasteiger partial charge in [-0.05, 0) is 25.8 Å². The van der Waals surface area contributed by atoms with Crippen molar-refractivity contribution in [3.8, 4) is 5.88 Å². The molecule has 0 aliphatic rings. The van der Waals surface area contributed by atoms with Gasteiger partial charge >= 0.3 is 5.97 Å². The molecule has 0 fully saturated rings. The second-order valence-electron chi connectivity index (χ2n) is 4.86. The molecule has 2 aromatic heterocycles. The summed E-state index contributed by atoms with van der Waals surface area (Å²) >= 11 is 0. The SMILES string of the molecule is CCc1c(C(=O)C=O)c2c(OCC(=O)O)nc(C)cn2c1C. The van der Waals surface area contributed by atoms with Crippen molar-refractivity contribution in [2.45, 2.75) is 27.2 Å². The summed E-state index contributed by atoms with van der Waals surface area (Å²) in [5.41, 5.74) is 2.69. The molecule has 0 amide bonds. The van der Waals surface area contributed by atoms with Crippen LogP contribution in [0, 0.1) is 13.8 Å². The molecule has 0 bridgehead atoms. The van der Waals surface area contributed by atoms with Crippen molar-refractivity contribution in [3.63, 3.8) is 0 Å². The third kappa shape index (κ3) is 2.57. The second kappa shape index (κ2) is 5.97. The molecule has 0 radical (unpaired) electrons. The van der Waals surface area contributed by atoms with E-state index >= 15 is 0 Å². The molecule has 0 aromatic carbocycles. The molecular weight excluding hydrogens is 288 g/mol. The zero-order valence-electron chi connectivity index (χ0n) is 12.5. The Bertz CT molecular complexity index is 776. The van der Waals surface area contributed by atoms with Gasteiger partial charge in [-0.25, -0.2) is 9.78 Å². The zero-order valence-corrected chi connectivity index (χ0v) is 12.5. The maximum Gasteiger partial charge on any atom is 0.341 e. The number of carboxylic acids is 1. The number of hydrogen-bond donors (Lipinski definition) is 1. The zero-order chi connectivity index (χ0) is 16.4. The van der Waals surface area contributed by atoms with E-state index in [9.17, 15) is 14.4 Å². The Kier molecular flexibility index (Phi) is 4.25. The molecule has 0 aliphatic carbocycles. The lowest BCUT2D eigenvalue weighted by atomic mass is 10.0. The van der Waals surface area contributed by atoms with Gasteiger partial charge in [0.15, 0.2) is 12.9 Å². The number of hydrogen-bond acceptors (Lipinski definition) is 5. The molecule has 0 spiro atoms. The van der Waals surface area contributed by atoms with Gasteiger partial charge in [0.2, 0.25) is 11.7 Å². The van der Waals surface area contributed by atoms with Crippen LogP contribution < -0.4 is 4.74 Å². The topological polar surface area (TPSA) is 98.0 Å². The fourth-order valence-corrected chi connectivity index (χ4v) is 2.55. The Balaban J connectivity index is 2.81. The lowest BCUT2D eigenvalue weighted by Crippen LogP contribution is -2.12. The Hall–Kier alpha value is -2.70. The van der Waals surface area contributed by atoms with E-state index in [1.165, 1.54) is 0 Å². The Morgan fingerprint density at radius 2 is 2.09 bits per heavy atom. The maximum absolute atomic E-state index is 12.0. The van der Waals surface area contributed by atoms with E-state index < -0.39 is 18.4 Å². The molecule has 2 rings (SSSR count). The molecule has 2 heterocycles. The molecule has 0 unspecified atom stereocenters. The number of carboxylic acid groups (broad SMARTS) is 1. The summed E-state index contributed by atoms with van der Waals surface area (Å²) < 4.78 is 6.93. The average Bonchev–Trinajstić information content (AvgIpc) is 2.76. The molecule has 7 nitrogen and oxygen atoms in total. The Labute approximate surface area is 126 Å². The van der Waals surface area contributed by atoms with Crippen molar-refractivity contribution in [1.29, 1.82) is 0 Å². The number of ether oxygens (including phenoxy) is 1. The summed E-state index contributed by atoms with van der Waals surface area (Å²) in [6.07, 6.45) is 2.52. The van der Waals surface area contributed by atoms with E-state index in [2.05, 4.69) is 4.98 Å². The van der Waals surface area contributed by atoms with Crippen molar-refractivity contribution < 1.29 is 24.2 Å². The number of aldehydes is 1. The molecule has 0 saturated heterocycles. The number of carbonyl (C=O) groups is 3. The van der Waals surface area contributed by atoms with Crippen LogP contribution in [0.3, 0.4) is 0 Å². The van der Waals surface area contributed by atoms with Gasteiger partial charge in [-0.1, -0.05) is 6.92 Å². The number of fused-ring (bicyclic) bond motifs is 1. The second-order valence-corrected chi connectivity index (χ2v) is 4.86. The van der Waals surface area contributed by atoms with E-state index in [-0.39, 0.29) is 17.7 Å². The monoisotopic (exact) mass is 304 g/mol. The first kappa shape index (κ1) is 15.7. The van der Waals surface area contributed by atoms with Crippen molar-refractivity contribution in [2.24, 2.45) is 0 Å². The van der Waals surface area contributed by atoms with Gasteiger partial charge < -0.3 is 14.2 Å². The summed E-state index contributed by atoms with van der Waals surface area (Å²) in [7, 11) is 0. The number of Topliss-reactive ketones (excluding diaryl/α,β-unsaturated/α-hetero) is 1. The summed E-state index contributed by atoms with van der Waals surface area (Å²) in [5.74, 6) is -1.78. The maximum atomic E-state index is 12.0. The minimum absolute atomic E-state index is 0.0374. The highest BCUT2D eigenvalue weighted by Crippen LogP contribution is 2.30. The highest BCUT2D eigenvalue weighted by molar-refractivity contribution is 6.36. The predicted octanol–water partition coefficient (Wildman–Crippen LogP) is 1.36. The lowest BCUT2D eigenvalue weighted by molar-refractivity contribution is -0.139. The van der Waals surface area contributed by atoms with Gasteiger partial charge in [-0.3, -0.25) is 9.59 Å². The molecule has 0 atom stereocenters. The van der Waals surface area contributed by atoms with E-state index in [0.717, 1.165) is 11.3 Å². The van der Waals surface area contributed by atoms with Crippen molar-refractivity contribution >= 4 is 23.6 Å². The first-order valence-electron chi connectivity index (χ1n) is 6.75. The number of rotatable bonds is 6. The molecule has 7 heteroatoms. The summed E-state index contributed by atoms with van der Waals surface area (Å²) in [6.45, 7) is 4.86. The molecule has 22 heavy (non-hydrogen) atoms. The van der Waals surface area contributed by atoms with Crippen LogP contribution in [0.25, 0.3) is 5.52 Å². The van der Waals surface area contributed by atoms with Crippen LogP contribution in [0.5, 0.6) is 5.88 Å². The van der Waals surface area contributed by atoms with Gasteiger partial charge in [-0.2, -0.15) is 0 Å². The summed E-state index contributed by atoms with van der Waals surface area (Å²) in [5, 5.41) is 8.76. The highest BCUT2D eigenvalue weighted by atomic mass is 16.5. The van der Waals surface area contributed by atoms with Crippen molar-refractivity contribution in [3.05, 3.63) is 28.7 Å². The number of carbonyl (C=O) groups excluding carboxylic acids is 2. The van der Waals surface area contributed by atoms with E-state index in [1.54, 1.807) is 17.5 Å². The summed E-state index contributed by atoms with van der Waals surface area (Å²) in [4.78, 5) is 37.9. The van der Waals surface area contributed by atoms with Gasteiger partial charge in [0.1, 0.15) is 5.52 Å². The number of aromatic nitrogens is 2. The van der Waals surface area contributed by atoms with Gasteiger partial charge in [0.25, 0.3) is 0 Å². The normalized spacial score (nSPS) is 10.7. The van der Waals surface area contributed by atoms with Crippen LogP contribution in [-0.2, 0) is 16.0 Å². The van der Waals surface area contributed by atoms with Crippen molar-refractivity contribution in [2.75, 3.05) is 6.61 Å². The third-order valence-electron chi connectivity index (χ3n) is 3.41.